The van der Waals surface area contributed by atoms with Gasteiger partial charge in [-0.15, -0.1) is 0 Å². The summed E-state index contributed by atoms with van der Waals surface area (Å²) in [6.45, 7) is 0. The highest BCUT2D eigenvalue weighted by molar-refractivity contribution is 5.94. The van der Waals surface area contributed by atoms with Crippen LogP contribution in [-0.4, -0.2) is 10.9 Å². The molecule has 0 spiro atoms. The van der Waals surface area contributed by atoms with Gasteiger partial charge in [0.1, 0.15) is 17.4 Å². The number of amides is 1. The minimum Gasteiger partial charge on any atom is -0.467 e. The third kappa shape index (κ3) is 2.83. The highest BCUT2D eigenvalue weighted by Crippen LogP contribution is 2.22. The van der Waals surface area contributed by atoms with Crippen LogP contribution in [-0.2, 0) is 0 Å². The molecule has 0 radical (unpaired) electrons. The Kier molecular flexibility index (Phi) is 3.87. The number of nitrogens with one attached hydrogen (secondary N) is 2. The highest BCUT2D eigenvalue weighted by atomic mass is 16.3. The van der Waals surface area contributed by atoms with E-state index in [2.05, 4.69) is 10.3 Å². The Morgan fingerprint density at radius 2 is 1.86 bits per heavy atom. The molecule has 0 fully saturated rings. The molecule has 3 aromatic rings. The summed E-state index contributed by atoms with van der Waals surface area (Å²) in [6.07, 6.45) is 3.03. The average Bonchev–Trinajstić information content (AvgIpc) is 3.08. The summed E-state index contributed by atoms with van der Waals surface area (Å²) in [5.74, 6) is 0.152. The van der Waals surface area contributed by atoms with Gasteiger partial charge in [-0.25, -0.2) is 0 Å². The molecule has 0 saturated carbocycles. The van der Waals surface area contributed by atoms with Crippen molar-refractivity contribution in [1.29, 1.82) is 0 Å². The van der Waals surface area contributed by atoms with E-state index in [0.29, 0.717) is 5.76 Å². The first-order chi connectivity index (χ1) is 10.8. The molecule has 0 bridgehead atoms. The molecule has 0 aliphatic rings. The van der Waals surface area contributed by atoms with E-state index in [1.165, 1.54) is 12.3 Å². The maximum Gasteiger partial charge on any atom is 0.260 e. The standard InChI is InChI=1S/C17H14N2O3/c20-16-13(8-4-10-18-16)17(21)19-15(14-9-5-11-22-14)12-6-2-1-3-7-12/h1-11,15H,(H,18,20)(H,19,21). The van der Waals surface area contributed by atoms with Crippen LogP contribution >= 0.6 is 0 Å². The van der Waals surface area contributed by atoms with Crippen molar-refractivity contribution in [3.63, 3.8) is 0 Å². The maximum absolute atomic E-state index is 12.4. The van der Waals surface area contributed by atoms with Crippen molar-refractivity contribution < 1.29 is 9.21 Å². The minimum absolute atomic E-state index is 0.0648. The number of aromatic nitrogens is 1. The SMILES string of the molecule is O=C(NC(c1ccccc1)c1ccco1)c1ccc[nH]c1=O. The molecule has 1 aromatic carbocycles. The van der Waals surface area contributed by atoms with E-state index in [1.54, 1.807) is 24.5 Å². The lowest BCUT2D eigenvalue weighted by Gasteiger charge is -2.17. The van der Waals surface area contributed by atoms with Crippen LogP contribution in [0.3, 0.4) is 0 Å². The van der Waals surface area contributed by atoms with Gasteiger partial charge in [-0.1, -0.05) is 30.3 Å². The van der Waals surface area contributed by atoms with E-state index in [9.17, 15) is 9.59 Å². The molecule has 1 amide bonds. The third-order valence-electron chi connectivity index (χ3n) is 3.30. The van der Waals surface area contributed by atoms with Crippen molar-refractivity contribution in [1.82, 2.24) is 10.3 Å². The fourth-order valence-electron chi connectivity index (χ4n) is 2.23. The molecule has 2 aromatic heterocycles. The number of aromatic amines is 1. The Balaban J connectivity index is 1.93. The van der Waals surface area contributed by atoms with Crippen LogP contribution in [0, 0.1) is 0 Å². The predicted octanol–water partition coefficient (Wildman–Crippen LogP) is 2.49. The molecule has 2 N–H and O–H groups in total. The van der Waals surface area contributed by atoms with Crippen molar-refractivity contribution in [2.75, 3.05) is 0 Å². The van der Waals surface area contributed by atoms with Gasteiger partial charge in [0, 0.05) is 6.20 Å². The highest BCUT2D eigenvalue weighted by Gasteiger charge is 2.21. The monoisotopic (exact) mass is 294 g/mol. The number of pyridine rings is 1. The lowest BCUT2D eigenvalue weighted by atomic mass is 10.0. The van der Waals surface area contributed by atoms with E-state index in [-0.39, 0.29) is 5.56 Å². The zero-order chi connectivity index (χ0) is 15.4. The number of furan rings is 1. The number of rotatable bonds is 4. The van der Waals surface area contributed by atoms with Gasteiger partial charge in [-0.05, 0) is 29.8 Å². The van der Waals surface area contributed by atoms with Gasteiger partial charge in [0.05, 0.1) is 6.26 Å². The van der Waals surface area contributed by atoms with E-state index >= 15 is 0 Å². The number of H-pyrrole nitrogens is 1. The van der Waals surface area contributed by atoms with Gasteiger partial charge >= 0.3 is 0 Å². The molecular weight excluding hydrogens is 280 g/mol. The lowest BCUT2D eigenvalue weighted by molar-refractivity contribution is 0.0937. The van der Waals surface area contributed by atoms with Gasteiger partial charge in [0.2, 0.25) is 0 Å². The molecule has 0 saturated heterocycles. The van der Waals surface area contributed by atoms with Crippen molar-refractivity contribution in [2.45, 2.75) is 6.04 Å². The predicted molar refractivity (Wildman–Crippen MR) is 81.5 cm³/mol. The second-order valence-electron chi connectivity index (χ2n) is 4.75. The second kappa shape index (κ2) is 6.13. The van der Waals surface area contributed by atoms with E-state index in [1.807, 2.05) is 30.3 Å². The zero-order valence-corrected chi connectivity index (χ0v) is 11.7. The number of benzene rings is 1. The Morgan fingerprint density at radius 3 is 2.55 bits per heavy atom. The van der Waals surface area contributed by atoms with Gasteiger partial charge < -0.3 is 14.7 Å². The van der Waals surface area contributed by atoms with Gasteiger partial charge in [-0.2, -0.15) is 0 Å². The molecule has 2 heterocycles. The molecular formula is C17H14N2O3. The first-order valence-corrected chi connectivity index (χ1v) is 6.82. The summed E-state index contributed by atoms with van der Waals surface area (Å²) in [7, 11) is 0. The summed E-state index contributed by atoms with van der Waals surface area (Å²) in [5.41, 5.74) is 0.513. The molecule has 1 unspecified atom stereocenters. The van der Waals surface area contributed by atoms with Crippen molar-refractivity contribution in [2.24, 2.45) is 0 Å². The van der Waals surface area contributed by atoms with Crippen molar-refractivity contribution in [3.8, 4) is 0 Å². The first-order valence-electron chi connectivity index (χ1n) is 6.82. The summed E-state index contributed by atoms with van der Waals surface area (Å²) >= 11 is 0. The van der Waals surface area contributed by atoms with Gasteiger partial charge in [-0.3, -0.25) is 9.59 Å². The van der Waals surface area contributed by atoms with E-state index in [4.69, 9.17) is 4.42 Å². The summed E-state index contributed by atoms with van der Waals surface area (Å²) < 4.78 is 5.42. The maximum atomic E-state index is 12.4. The molecule has 1 atom stereocenters. The minimum atomic E-state index is -0.455. The molecule has 110 valence electrons. The Labute approximate surface area is 126 Å². The average molecular weight is 294 g/mol. The second-order valence-corrected chi connectivity index (χ2v) is 4.75. The summed E-state index contributed by atoms with van der Waals surface area (Å²) in [4.78, 5) is 26.6. The van der Waals surface area contributed by atoms with Crippen LogP contribution in [0.25, 0.3) is 0 Å². The Hall–Kier alpha value is -3.08. The number of carbonyl (C=O) groups excluding carboxylic acids is 1. The zero-order valence-electron chi connectivity index (χ0n) is 11.7. The van der Waals surface area contributed by atoms with Crippen molar-refractivity contribution in [3.05, 3.63) is 94.3 Å². The number of hydrogen-bond donors (Lipinski definition) is 2. The van der Waals surface area contributed by atoms with Gasteiger partial charge in [0.25, 0.3) is 11.5 Å². The number of hydrogen-bond acceptors (Lipinski definition) is 3. The normalized spacial score (nSPS) is 11.8. The summed E-state index contributed by atoms with van der Waals surface area (Å²) in [5, 5.41) is 2.84. The van der Waals surface area contributed by atoms with Crippen LogP contribution in [0.5, 0.6) is 0 Å². The molecule has 5 nitrogen and oxygen atoms in total. The summed E-state index contributed by atoms with van der Waals surface area (Å²) in [6, 6.07) is 15.6. The lowest BCUT2D eigenvalue weighted by Crippen LogP contribution is -2.33. The quantitative estimate of drug-likeness (QED) is 0.776. The molecule has 0 aliphatic carbocycles. The van der Waals surface area contributed by atoms with Crippen LogP contribution in [0.1, 0.15) is 27.7 Å². The molecule has 3 rings (SSSR count). The molecule has 22 heavy (non-hydrogen) atoms. The number of carbonyl (C=O) groups is 1. The van der Waals surface area contributed by atoms with Crippen LogP contribution in [0.4, 0.5) is 0 Å². The van der Waals surface area contributed by atoms with Crippen LogP contribution in [0.15, 0.2) is 76.3 Å². The Bertz CT molecular complexity index is 807. The fourth-order valence-corrected chi connectivity index (χ4v) is 2.23. The van der Waals surface area contributed by atoms with Crippen molar-refractivity contribution >= 4 is 5.91 Å². The van der Waals surface area contributed by atoms with Crippen LogP contribution in [0.2, 0.25) is 0 Å². The fraction of sp³-hybridized carbons (Fsp3) is 0.0588. The first kappa shape index (κ1) is 13.9. The Morgan fingerprint density at radius 1 is 1.05 bits per heavy atom. The smallest absolute Gasteiger partial charge is 0.260 e. The third-order valence-corrected chi connectivity index (χ3v) is 3.30. The largest absolute Gasteiger partial charge is 0.467 e. The topological polar surface area (TPSA) is 75.1 Å². The molecule has 0 aliphatic heterocycles. The molecule has 5 heteroatoms. The van der Waals surface area contributed by atoms with E-state index < -0.39 is 17.5 Å². The van der Waals surface area contributed by atoms with E-state index in [0.717, 1.165) is 5.56 Å². The van der Waals surface area contributed by atoms with Crippen LogP contribution < -0.4 is 10.9 Å². The van der Waals surface area contributed by atoms with Gasteiger partial charge in [0.15, 0.2) is 0 Å².